The number of aryl methyl sites for hydroxylation is 2. The third-order valence-electron chi connectivity index (χ3n) is 7.42. The Kier molecular flexibility index (Phi) is 11.6. The van der Waals surface area contributed by atoms with E-state index in [-0.39, 0.29) is 23.8 Å². The molecule has 236 valence electrons. The standard InChI is InChI=1S/C34H34Cl3N3O4S/c1-4-38-34(42)32(20-25-8-6-5-7-9-25)39(21-26-11-17-30(36)31(37)19-26)33(41)22-40(28-14-10-23(2)24(3)18-28)45(43,44)29-15-12-27(35)13-16-29/h5-19,32H,4,20-22H2,1-3H3,(H,38,42)/t32-/m0/s1. The molecule has 0 saturated carbocycles. The van der Waals surface area contributed by atoms with Crippen molar-refractivity contribution in [2.45, 2.75) is 44.7 Å². The van der Waals surface area contributed by atoms with E-state index in [0.717, 1.165) is 21.0 Å². The number of likely N-dealkylation sites (N-methyl/N-ethyl adjacent to an activating group) is 1. The first-order valence-electron chi connectivity index (χ1n) is 14.3. The number of halogens is 3. The fourth-order valence-corrected chi connectivity index (χ4v) is 6.68. The molecule has 0 aliphatic rings. The summed E-state index contributed by atoms with van der Waals surface area (Å²) in [5.41, 5.74) is 3.59. The van der Waals surface area contributed by atoms with Crippen LogP contribution in [0.2, 0.25) is 15.1 Å². The van der Waals surface area contributed by atoms with Gasteiger partial charge in [0.2, 0.25) is 11.8 Å². The predicted molar refractivity (Wildman–Crippen MR) is 182 cm³/mol. The summed E-state index contributed by atoms with van der Waals surface area (Å²) in [7, 11) is -4.24. The van der Waals surface area contributed by atoms with Crippen LogP contribution in [0.1, 0.15) is 29.2 Å². The zero-order valence-corrected chi connectivity index (χ0v) is 28.2. The van der Waals surface area contributed by atoms with Crippen LogP contribution in [-0.4, -0.2) is 44.3 Å². The molecule has 1 atom stereocenters. The van der Waals surface area contributed by atoms with Crippen molar-refractivity contribution < 1.29 is 18.0 Å². The lowest BCUT2D eigenvalue weighted by molar-refractivity contribution is -0.140. The Morgan fingerprint density at radius 1 is 0.800 bits per heavy atom. The van der Waals surface area contributed by atoms with Crippen LogP contribution in [0, 0.1) is 13.8 Å². The molecule has 0 radical (unpaired) electrons. The summed E-state index contributed by atoms with van der Waals surface area (Å²) in [5.74, 6) is -0.947. The Balaban J connectivity index is 1.82. The van der Waals surface area contributed by atoms with Gasteiger partial charge >= 0.3 is 0 Å². The van der Waals surface area contributed by atoms with Crippen molar-refractivity contribution in [2.24, 2.45) is 0 Å². The smallest absolute Gasteiger partial charge is 0.264 e. The molecule has 0 unspecified atom stereocenters. The number of hydrogen-bond acceptors (Lipinski definition) is 4. The molecule has 1 N–H and O–H groups in total. The number of sulfonamides is 1. The molecule has 4 aromatic carbocycles. The maximum Gasteiger partial charge on any atom is 0.264 e. The van der Waals surface area contributed by atoms with E-state index in [1.165, 1.54) is 29.2 Å². The molecule has 4 aromatic rings. The van der Waals surface area contributed by atoms with Crippen molar-refractivity contribution in [2.75, 3.05) is 17.4 Å². The first-order valence-corrected chi connectivity index (χ1v) is 16.9. The predicted octanol–water partition coefficient (Wildman–Crippen LogP) is 7.24. The van der Waals surface area contributed by atoms with Crippen molar-refractivity contribution in [1.29, 1.82) is 0 Å². The van der Waals surface area contributed by atoms with Crippen molar-refractivity contribution in [3.63, 3.8) is 0 Å². The topological polar surface area (TPSA) is 86.8 Å². The third-order valence-corrected chi connectivity index (χ3v) is 10.2. The molecular weight excluding hydrogens is 653 g/mol. The maximum absolute atomic E-state index is 14.5. The number of anilines is 1. The SMILES string of the molecule is CCNC(=O)[C@H](Cc1ccccc1)N(Cc1ccc(Cl)c(Cl)c1)C(=O)CN(c1ccc(C)c(C)c1)S(=O)(=O)c1ccc(Cl)cc1. The van der Waals surface area contributed by atoms with Crippen molar-refractivity contribution in [1.82, 2.24) is 10.2 Å². The molecule has 7 nitrogen and oxygen atoms in total. The van der Waals surface area contributed by atoms with Crippen LogP contribution in [0.4, 0.5) is 5.69 Å². The van der Waals surface area contributed by atoms with Crippen LogP contribution in [0.25, 0.3) is 0 Å². The zero-order valence-electron chi connectivity index (χ0n) is 25.1. The van der Waals surface area contributed by atoms with Gasteiger partial charge in [-0.15, -0.1) is 0 Å². The van der Waals surface area contributed by atoms with Gasteiger partial charge in [0.15, 0.2) is 0 Å². The highest BCUT2D eigenvalue weighted by Gasteiger charge is 2.34. The molecule has 0 saturated heterocycles. The number of nitrogens with one attached hydrogen (secondary N) is 1. The molecular formula is C34H34Cl3N3O4S. The molecule has 0 fully saturated rings. The lowest BCUT2D eigenvalue weighted by Crippen LogP contribution is -2.53. The summed E-state index contributed by atoms with van der Waals surface area (Å²) in [5, 5.41) is 3.86. The van der Waals surface area contributed by atoms with Gasteiger partial charge in [0.25, 0.3) is 10.0 Å². The van der Waals surface area contributed by atoms with Crippen molar-refractivity contribution >= 4 is 62.3 Å². The normalized spacial score (nSPS) is 12.0. The molecule has 4 rings (SSSR count). The molecule has 0 spiro atoms. The highest BCUT2D eigenvalue weighted by molar-refractivity contribution is 7.92. The number of rotatable bonds is 12. The van der Waals surface area contributed by atoms with Crippen LogP contribution in [-0.2, 0) is 32.6 Å². The number of amides is 2. The first kappa shape index (κ1) is 34.3. The second kappa shape index (κ2) is 15.1. The summed E-state index contributed by atoms with van der Waals surface area (Å²) in [6.45, 7) is 5.34. The van der Waals surface area contributed by atoms with E-state index >= 15 is 0 Å². The van der Waals surface area contributed by atoms with Gasteiger partial charge in [-0.1, -0.05) is 77.3 Å². The number of carbonyl (C=O) groups is 2. The van der Waals surface area contributed by atoms with Gasteiger partial charge in [0.05, 0.1) is 20.6 Å². The van der Waals surface area contributed by atoms with E-state index in [4.69, 9.17) is 34.8 Å². The van der Waals surface area contributed by atoms with Gasteiger partial charge in [0.1, 0.15) is 12.6 Å². The summed E-state index contributed by atoms with van der Waals surface area (Å²) < 4.78 is 29.3. The maximum atomic E-state index is 14.5. The number of nitrogens with zero attached hydrogens (tertiary/aromatic N) is 2. The Morgan fingerprint density at radius 2 is 1.49 bits per heavy atom. The van der Waals surface area contributed by atoms with Gasteiger partial charge in [0, 0.05) is 24.5 Å². The number of hydrogen-bond donors (Lipinski definition) is 1. The summed E-state index contributed by atoms with van der Waals surface area (Å²) in [6, 6.07) is 24.3. The number of benzene rings is 4. The highest BCUT2D eigenvalue weighted by atomic mass is 35.5. The van der Waals surface area contributed by atoms with Gasteiger partial charge in [-0.2, -0.15) is 0 Å². The minimum Gasteiger partial charge on any atom is -0.355 e. The molecule has 0 heterocycles. The first-order chi connectivity index (χ1) is 21.4. The van der Waals surface area contributed by atoms with Gasteiger partial charge < -0.3 is 10.2 Å². The Morgan fingerprint density at radius 3 is 2.11 bits per heavy atom. The van der Waals surface area contributed by atoms with Crippen LogP contribution >= 0.6 is 34.8 Å². The molecule has 0 aliphatic heterocycles. The molecule has 45 heavy (non-hydrogen) atoms. The quantitative estimate of drug-likeness (QED) is 0.170. The van der Waals surface area contributed by atoms with E-state index in [9.17, 15) is 18.0 Å². The molecule has 11 heteroatoms. The minimum atomic E-state index is -4.24. The minimum absolute atomic E-state index is 0.0217. The van der Waals surface area contributed by atoms with E-state index in [1.807, 2.05) is 44.2 Å². The van der Waals surface area contributed by atoms with E-state index in [2.05, 4.69) is 5.32 Å². The Labute approximate surface area is 279 Å². The van der Waals surface area contributed by atoms with Gasteiger partial charge in [-0.25, -0.2) is 8.42 Å². The molecule has 0 bridgehead atoms. The van der Waals surface area contributed by atoms with Crippen LogP contribution in [0.15, 0.2) is 95.9 Å². The third kappa shape index (κ3) is 8.58. The monoisotopic (exact) mass is 685 g/mol. The Bertz CT molecular complexity index is 1770. The Hall–Kier alpha value is -3.56. The molecule has 0 aromatic heterocycles. The van der Waals surface area contributed by atoms with Crippen LogP contribution in [0.5, 0.6) is 0 Å². The highest BCUT2D eigenvalue weighted by Crippen LogP contribution is 2.28. The van der Waals surface area contributed by atoms with Crippen LogP contribution < -0.4 is 9.62 Å². The summed E-state index contributed by atoms with van der Waals surface area (Å²) >= 11 is 18.5. The average molecular weight is 687 g/mol. The fraction of sp³-hybridized carbons (Fsp3) is 0.235. The number of carbonyl (C=O) groups excluding carboxylic acids is 2. The van der Waals surface area contributed by atoms with E-state index in [1.54, 1.807) is 43.3 Å². The largest absolute Gasteiger partial charge is 0.355 e. The second-order valence-electron chi connectivity index (χ2n) is 10.6. The van der Waals surface area contributed by atoms with Gasteiger partial charge in [-0.05, 0) is 91.6 Å². The van der Waals surface area contributed by atoms with Crippen molar-refractivity contribution in [3.05, 3.63) is 128 Å². The molecule has 2 amide bonds. The lowest BCUT2D eigenvalue weighted by Gasteiger charge is -2.34. The van der Waals surface area contributed by atoms with Crippen molar-refractivity contribution in [3.8, 4) is 0 Å². The molecule has 0 aliphatic carbocycles. The van der Waals surface area contributed by atoms with E-state index < -0.39 is 28.5 Å². The summed E-state index contributed by atoms with van der Waals surface area (Å²) in [6.07, 6.45) is 0.202. The van der Waals surface area contributed by atoms with Crippen LogP contribution in [0.3, 0.4) is 0 Å². The zero-order chi connectivity index (χ0) is 32.7. The average Bonchev–Trinajstić information content (AvgIpc) is 3.01. The lowest BCUT2D eigenvalue weighted by atomic mass is 10.0. The fourth-order valence-electron chi connectivity index (χ4n) is 4.82. The second-order valence-corrected chi connectivity index (χ2v) is 13.7. The summed E-state index contributed by atoms with van der Waals surface area (Å²) in [4.78, 5) is 29.4. The van der Waals surface area contributed by atoms with Gasteiger partial charge in [-0.3, -0.25) is 13.9 Å². The van der Waals surface area contributed by atoms with E-state index in [0.29, 0.717) is 32.9 Å².